The number of morpholine rings is 1. The minimum Gasteiger partial charge on any atom is -0.491 e. The smallest absolute Gasteiger partial charge is 0.119 e. The molecule has 1 aromatic rings. The Bertz CT molecular complexity index is 405. The predicted molar refractivity (Wildman–Crippen MR) is 81.0 cm³/mol. The third-order valence-electron chi connectivity index (χ3n) is 3.62. The lowest BCUT2D eigenvalue weighted by Crippen LogP contribution is -2.46. The van der Waals surface area contributed by atoms with Gasteiger partial charge in [0.1, 0.15) is 5.75 Å². The number of ether oxygens (including phenoxy) is 2. The summed E-state index contributed by atoms with van der Waals surface area (Å²) >= 11 is 0. The fraction of sp³-hybridized carbons (Fsp3) is 0.625. The first kappa shape index (κ1) is 15.3. The van der Waals surface area contributed by atoms with Crippen molar-refractivity contribution < 1.29 is 9.47 Å². The highest BCUT2D eigenvalue weighted by Crippen LogP contribution is 2.19. The van der Waals surface area contributed by atoms with Crippen molar-refractivity contribution in [2.75, 3.05) is 26.3 Å². The number of nitrogens with two attached hydrogens (primary N) is 1. The van der Waals surface area contributed by atoms with Gasteiger partial charge in [-0.1, -0.05) is 12.1 Å². The molecule has 1 aliphatic heterocycles. The third kappa shape index (κ3) is 4.20. The minimum absolute atomic E-state index is 0.0312. The highest BCUT2D eigenvalue weighted by atomic mass is 16.5. The van der Waals surface area contributed by atoms with E-state index in [-0.39, 0.29) is 12.1 Å². The quantitative estimate of drug-likeness (QED) is 0.897. The van der Waals surface area contributed by atoms with Crippen LogP contribution < -0.4 is 10.5 Å². The van der Waals surface area contributed by atoms with Crippen LogP contribution in [0.15, 0.2) is 24.3 Å². The molecule has 20 heavy (non-hydrogen) atoms. The van der Waals surface area contributed by atoms with Gasteiger partial charge >= 0.3 is 0 Å². The molecule has 2 rings (SSSR count). The molecule has 0 radical (unpaired) electrons. The van der Waals surface area contributed by atoms with E-state index in [1.807, 2.05) is 26.0 Å². The van der Waals surface area contributed by atoms with Crippen molar-refractivity contribution in [1.29, 1.82) is 0 Å². The van der Waals surface area contributed by atoms with Crippen molar-refractivity contribution in [3.05, 3.63) is 29.8 Å². The third-order valence-corrected chi connectivity index (χ3v) is 3.62. The molecule has 1 heterocycles. The second kappa shape index (κ2) is 7.07. The van der Waals surface area contributed by atoms with Crippen LogP contribution in [0.5, 0.6) is 5.75 Å². The molecule has 0 saturated carbocycles. The molecule has 1 fully saturated rings. The van der Waals surface area contributed by atoms with Crippen LogP contribution >= 0.6 is 0 Å². The molecule has 0 bridgehead atoms. The largest absolute Gasteiger partial charge is 0.491 e. The highest BCUT2D eigenvalue weighted by Gasteiger charge is 2.21. The van der Waals surface area contributed by atoms with E-state index in [4.69, 9.17) is 15.2 Å². The van der Waals surface area contributed by atoms with Gasteiger partial charge in [-0.25, -0.2) is 0 Å². The summed E-state index contributed by atoms with van der Waals surface area (Å²) in [6.45, 7) is 9.68. The Morgan fingerprint density at radius 1 is 1.35 bits per heavy atom. The van der Waals surface area contributed by atoms with Crippen molar-refractivity contribution in [1.82, 2.24) is 4.90 Å². The van der Waals surface area contributed by atoms with Gasteiger partial charge in [-0.3, -0.25) is 4.90 Å². The minimum atomic E-state index is 0.0312. The Hall–Kier alpha value is -1.10. The maximum atomic E-state index is 6.32. The summed E-state index contributed by atoms with van der Waals surface area (Å²) in [5.74, 6) is 0.899. The maximum absolute atomic E-state index is 6.32. The lowest BCUT2D eigenvalue weighted by atomic mass is 10.1. The van der Waals surface area contributed by atoms with E-state index in [1.54, 1.807) is 0 Å². The van der Waals surface area contributed by atoms with Crippen LogP contribution in [0.25, 0.3) is 0 Å². The number of benzene rings is 1. The van der Waals surface area contributed by atoms with Crippen molar-refractivity contribution in [2.45, 2.75) is 39.0 Å². The van der Waals surface area contributed by atoms with Crippen LogP contribution in [0, 0.1) is 0 Å². The van der Waals surface area contributed by atoms with Gasteiger partial charge < -0.3 is 15.2 Å². The van der Waals surface area contributed by atoms with Crippen LogP contribution in [0.1, 0.15) is 32.4 Å². The standard InChI is InChI=1S/C16H26N2O2/c1-12(2)20-15-6-4-14(5-7-15)16(17)10-18-8-9-19-11-13(18)3/h4-7,12-13,16H,8-11,17H2,1-3H3. The van der Waals surface area contributed by atoms with E-state index in [9.17, 15) is 0 Å². The van der Waals surface area contributed by atoms with E-state index >= 15 is 0 Å². The van der Waals surface area contributed by atoms with Gasteiger partial charge in [-0.2, -0.15) is 0 Å². The lowest BCUT2D eigenvalue weighted by molar-refractivity contribution is -0.00281. The summed E-state index contributed by atoms with van der Waals surface area (Å²) < 4.78 is 11.1. The molecule has 0 amide bonds. The molecule has 4 heteroatoms. The first-order valence-corrected chi connectivity index (χ1v) is 7.40. The average Bonchev–Trinajstić information content (AvgIpc) is 2.41. The van der Waals surface area contributed by atoms with Crippen molar-refractivity contribution in [2.24, 2.45) is 5.73 Å². The van der Waals surface area contributed by atoms with Crippen LogP contribution in [0.4, 0.5) is 0 Å². The van der Waals surface area contributed by atoms with Gasteiger partial charge in [-0.05, 0) is 38.5 Å². The average molecular weight is 278 g/mol. The van der Waals surface area contributed by atoms with Gasteiger partial charge in [0.05, 0.1) is 19.3 Å². The topological polar surface area (TPSA) is 47.7 Å². The summed E-state index contributed by atoms with van der Waals surface area (Å²) in [6.07, 6.45) is 0.198. The predicted octanol–water partition coefficient (Wildman–Crippen LogP) is 2.19. The van der Waals surface area contributed by atoms with E-state index in [1.165, 1.54) is 0 Å². The number of nitrogens with zero attached hydrogens (tertiary/aromatic N) is 1. The maximum Gasteiger partial charge on any atom is 0.119 e. The molecule has 112 valence electrons. The molecule has 1 aromatic carbocycles. The molecule has 4 nitrogen and oxygen atoms in total. The molecule has 0 spiro atoms. The molecule has 2 unspecified atom stereocenters. The zero-order valence-electron chi connectivity index (χ0n) is 12.7. The van der Waals surface area contributed by atoms with Gasteiger partial charge in [0.25, 0.3) is 0 Å². The number of hydrogen-bond acceptors (Lipinski definition) is 4. The van der Waals surface area contributed by atoms with Gasteiger partial charge in [0.15, 0.2) is 0 Å². The summed E-state index contributed by atoms with van der Waals surface area (Å²) in [6, 6.07) is 8.60. The van der Waals surface area contributed by atoms with E-state index in [0.29, 0.717) is 6.04 Å². The Morgan fingerprint density at radius 2 is 2.05 bits per heavy atom. The Labute approximate surface area is 121 Å². The van der Waals surface area contributed by atoms with Gasteiger partial charge in [0, 0.05) is 25.2 Å². The normalized spacial score (nSPS) is 21.9. The SMILES string of the molecule is CC(C)Oc1ccc(C(N)CN2CCOCC2C)cc1. The Kier molecular flexibility index (Phi) is 5.40. The molecule has 0 aliphatic carbocycles. The summed E-state index contributed by atoms with van der Waals surface area (Å²) in [4.78, 5) is 2.40. The first-order chi connectivity index (χ1) is 9.56. The molecule has 1 aliphatic rings. The Balaban J connectivity index is 1.93. The van der Waals surface area contributed by atoms with Gasteiger partial charge in [-0.15, -0.1) is 0 Å². The summed E-state index contributed by atoms with van der Waals surface area (Å²) in [5.41, 5.74) is 7.47. The van der Waals surface area contributed by atoms with Crippen LogP contribution in [-0.2, 0) is 4.74 Å². The monoisotopic (exact) mass is 278 g/mol. The fourth-order valence-electron chi connectivity index (χ4n) is 2.46. The molecule has 2 atom stereocenters. The molecular formula is C16H26N2O2. The second-order valence-electron chi connectivity index (χ2n) is 5.76. The van der Waals surface area contributed by atoms with Crippen LogP contribution in [0.2, 0.25) is 0 Å². The molecule has 1 saturated heterocycles. The lowest BCUT2D eigenvalue weighted by Gasteiger charge is -2.35. The zero-order valence-corrected chi connectivity index (χ0v) is 12.7. The van der Waals surface area contributed by atoms with E-state index in [2.05, 4.69) is 24.0 Å². The van der Waals surface area contributed by atoms with Crippen molar-refractivity contribution in [3.8, 4) is 5.75 Å². The van der Waals surface area contributed by atoms with Crippen molar-refractivity contribution >= 4 is 0 Å². The Morgan fingerprint density at radius 3 is 2.65 bits per heavy atom. The van der Waals surface area contributed by atoms with E-state index < -0.39 is 0 Å². The van der Waals surface area contributed by atoms with Crippen LogP contribution in [-0.4, -0.2) is 43.3 Å². The number of hydrogen-bond donors (Lipinski definition) is 1. The summed E-state index contributed by atoms with van der Waals surface area (Å²) in [7, 11) is 0. The summed E-state index contributed by atoms with van der Waals surface area (Å²) in [5, 5.41) is 0. The van der Waals surface area contributed by atoms with Crippen molar-refractivity contribution in [3.63, 3.8) is 0 Å². The molecular weight excluding hydrogens is 252 g/mol. The fourth-order valence-corrected chi connectivity index (χ4v) is 2.46. The van der Waals surface area contributed by atoms with Crippen LogP contribution in [0.3, 0.4) is 0 Å². The zero-order chi connectivity index (χ0) is 14.5. The van der Waals surface area contributed by atoms with E-state index in [0.717, 1.165) is 37.6 Å². The highest BCUT2D eigenvalue weighted by molar-refractivity contribution is 5.29. The first-order valence-electron chi connectivity index (χ1n) is 7.40. The second-order valence-corrected chi connectivity index (χ2v) is 5.76. The molecule has 2 N–H and O–H groups in total. The molecule has 0 aromatic heterocycles. The number of rotatable bonds is 5. The van der Waals surface area contributed by atoms with Gasteiger partial charge in [0.2, 0.25) is 0 Å².